The third-order valence-corrected chi connectivity index (χ3v) is 3.38. The molecule has 0 aliphatic carbocycles. The largest absolute Gasteiger partial charge is 0.493 e. The number of rotatable bonds is 5. The lowest BCUT2D eigenvalue weighted by atomic mass is 9.86. The maximum Gasteiger partial charge on any atom is 0.186 e. The number of ether oxygens (including phenoxy) is 1. The molecule has 102 valence electrons. The van der Waals surface area contributed by atoms with Crippen molar-refractivity contribution in [3.05, 3.63) is 23.8 Å². The lowest BCUT2D eigenvalue weighted by molar-refractivity contribution is 0.300. The molecule has 1 aromatic carbocycles. The molecule has 0 saturated carbocycles. The molecule has 3 nitrogen and oxygen atoms in total. The highest BCUT2D eigenvalue weighted by molar-refractivity contribution is 7.79. The summed E-state index contributed by atoms with van der Waals surface area (Å²) in [5, 5.41) is 0. The van der Waals surface area contributed by atoms with E-state index in [9.17, 15) is 4.21 Å². The summed E-state index contributed by atoms with van der Waals surface area (Å²) in [5.74, 6) is 0.718. The molecule has 0 heterocycles. The molecule has 0 aromatic heterocycles. The zero-order valence-corrected chi connectivity index (χ0v) is 12.3. The lowest BCUT2D eigenvalue weighted by Gasteiger charge is -2.23. The Morgan fingerprint density at radius 2 is 2.00 bits per heavy atom. The van der Waals surface area contributed by atoms with Gasteiger partial charge in [0.25, 0.3) is 0 Å². The highest BCUT2D eigenvalue weighted by atomic mass is 32.2. The molecule has 0 radical (unpaired) electrons. The van der Waals surface area contributed by atoms with Crippen LogP contribution in [0.4, 0.5) is 0 Å². The van der Waals surface area contributed by atoms with Gasteiger partial charge in [0, 0.05) is 0 Å². The lowest BCUT2D eigenvalue weighted by Crippen LogP contribution is -2.14. The minimum absolute atomic E-state index is 0.0446. The standard InChI is InChI=1S/C14H22O3S/c1-5-6-9-17-13-10-11(18(15)16)7-8-12(13)14(2,3)4/h7-8,10H,5-6,9H2,1-4H3,(H,15,16). The highest BCUT2D eigenvalue weighted by Gasteiger charge is 2.20. The predicted molar refractivity (Wildman–Crippen MR) is 74.6 cm³/mol. The maximum absolute atomic E-state index is 11.1. The average molecular weight is 270 g/mol. The molecule has 0 fully saturated rings. The van der Waals surface area contributed by atoms with Crippen LogP contribution in [0.3, 0.4) is 0 Å². The van der Waals surface area contributed by atoms with Gasteiger partial charge in [-0.1, -0.05) is 40.2 Å². The monoisotopic (exact) mass is 270 g/mol. The average Bonchev–Trinajstić information content (AvgIpc) is 2.27. The van der Waals surface area contributed by atoms with Crippen LogP contribution in [0, 0.1) is 0 Å². The van der Waals surface area contributed by atoms with Gasteiger partial charge in [0.05, 0.1) is 11.5 Å². The molecule has 1 atom stereocenters. The third-order valence-electron chi connectivity index (χ3n) is 2.72. The second kappa shape index (κ2) is 6.34. The molecular weight excluding hydrogens is 248 g/mol. The maximum atomic E-state index is 11.1. The van der Waals surface area contributed by atoms with Gasteiger partial charge in [-0.3, -0.25) is 0 Å². The van der Waals surface area contributed by atoms with Crippen molar-refractivity contribution in [2.75, 3.05) is 6.61 Å². The fraction of sp³-hybridized carbons (Fsp3) is 0.571. The summed E-state index contributed by atoms with van der Waals surface area (Å²) in [4.78, 5) is 0.384. The van der Waals surface area contributed by atoms with E-state index >= 15 is 0 Å². The van der Waals surface area contributed by atoms with E-state index in [1.165, 1.54) is 0 Å². The first-order chi connectivity index (χ1) is 8.36. The van der Waals surface area contributed by atoms with Crippen LogP contribution in [0.25, 0.3) is 0 Å². The Labute approximate surface area is 112 Å². The summed E-state index contributed by atoms with van der Waals surface area (Å²) in [6.45, 7) is 9.05. The van der Waals surface area contributed by atoms with Gasteiger partial charge in [-0.15, -0.1) is 0 Å². The van der Waals surface area contributed by atoms with E-state index < -0.39 is 11.1 Å². The normalized spacial score (nSPS) is 13.4. The second-order valence-corrected chi connectivity index (χ2v) is 6.33. The van der Waals surface area contributed by atoms with Crippen molar-refractivity contribution in [2.24, 2.45) is 0 Å². The predicted octanol–water partition coefficient (Wildman–Crippen LogP) is 3.74. The summed E-state index contributed by atoms with van der Waals surface area (Å²) >= 11 is -1.96. The van der Waals surface area contributed by atoms with Crippen molar-refractivity contribution < 1.29 is 13.5 Å². The van der Waals surface area contributed by atoms with Crippen LogP contribution in [0.2, 0.25) is 0 Å². The summed E-state index contributed by atoms with van der Waals surface area (Å²) in [5.41, 5.74) is 1.02. The number of benzene rings is 1. The van der Waals surface area contributed by atoms with Gasteiger partial charge in [-0.2, -0.15) is 0 Å². The molecule has 1 aromatic rings. The van der Waals surface area contributed by atoms with Crippen molar-refractivity contribution >= 4 is 11.1 Å². The van der Waals surface area contributed by atoms with E-state index in [2.05, 4.69) is 27.7 Å². The Balaban J connectivity index is 3.06. The molecule has 1 N–H and O–H groups in total. The smallest absolute Gasteiger partial charge is 0.186 e. The van der Waals surface area contributed by atoms with E-state index in [0.717, 1.165) is 24.2 Å². The Kier molecular flexibility index (Phi) is 5.35. The summed E-state index contributed by atoms with van der Waals surface area (Å²) < 4.78 is 26.0. The van der Waals surface area contributed by atoms with Gasteiger partial charge >= 0.3 is 0 Å². The molecule has 0 aliphatic heterocycles. The van der Waals surface area contributed by atoms with E-state index in [1.807, 2.05) is 6.07 Å². The van der Waals surface area contributed by atoms with Gasteiger partial charge in [-0.05, 0) is 29.5 Å². The minimum Gasteiger partial charge on any atom is -0.493 e. The molecule has 1 rings (SSSR count). The molecule has 0 spiro atoms. The van der Waals surface area contributed by atoms with Crippen LogP contribution < -0.4 is 4.74 Å². The Bertz CT molecular complexity index is 422. The van der Waals surface area contributed by atoms with Crippen molar-refractivity contribution in [1.82, 2.24) is 0 Å². The first kappa shape index (κ1) is 15.2. The first-order valence-corrected chi connectivity index (χ1v) is 7.35. The molecule has 0 amide bonds. The van der Waals surface area contributed by atoms with Crippen molar-refractivity contribution in [2.45, 2.75) is 50.8 Å². The van der Waals surface area contributed by atoms with E-state index in [-0.39, 0.29) is 5.41 Å². The van der Waals surface area contributed by atoms with E-state index in [4.69, 9.17) is 9.29 Å². The molecular formula is C14H22O3S. The SMILES string of the molecule is CCCCOc1cc(S(=O)O)ccc1C(C)(C)C. The van der Waals surface area contributed by atoms with Crippen LogP contribution in [0.1, 0.15) is 46.1 Å². The topological polar surface area (TPSA) is 46.5 Å². The molecule has 4 heteroatoms. The summed E-state index contributed by atoms with van der Waals surface area (Å²) in [7, 11) is 0. The van der Waals surface area contributed by atoms with Crippen LogP contribution >= 0.6 is 0 Å². The van der Waals surface area contributed by atoms with Gasteiger partial charge in [-0.25, -0.2) is 4.21 Å². The van der Waals surface area contributed by atoms with Gasteiger partial charge in [0.15, 0.2) is 11.1 Å². The first-order valence-electron chi connectivity index (χ1n) is 6.24. The number of hydrogen-bond acceptors (Lipinski definition) is 2. The third kappa shape index (κ3) is 4.10. The quantitative estimate of drug-likeness (QED) is 0.655. The second-order valence-electron chi connectivity index (χ2n) is 5.36. The molecule has 1 unspecified atom stereocenters. The van der Waals surface area contributed by atoms with E-state index in [0.29, 0.717) is 11.5 Å². The van der Waals surface area contributed by atoms with Gasteiger partial charge in [0.2, 0.25) is 0 Å². The fourth-order valence-electron chi connectivity index (χ4n) is 1.68. The molecule has 0 bridgehead atoms. The molecule has 0 aliphatic rings. The van der Waals surface area contributed by atoms with Crippen LogP contribution in [-0.2, 0) is 16.5 Å². The fourth-order valence-corrected chi connectivity index (χ4v) is 2.07. The van der Waals surface area contributed by atoms with Crippen LogP contribution in [0.5, 0.6) is 5.75 Å². The number of unbranched alkanes of at least 4 members (excludes halogenated alkanes) is 1. The molecule has 18 heavy (non-hydrogen) atoms. The highest BCUT2D eigenvalue weighted by Crippen LogP contribution is 2.32. The van der Waals surface area contributed by atoms with Crippen molar-refractivity contribution in [1.29, 1.82) is 0 Å². The van der Waals surface area contributed by atoms with Crippen LogP contribution in [0.15, 0.2) is 23.1 Å². The Hall–Kier alpha value is -0.870. The number of hydrogen-bond donors (Lipinski definition) is 1. The minimum atomic E-state index is -1.96. The zero-order chi connectivity index (χ0) is 13.8. The summed E-state index contributed by atoms with van der Waals surface area (Å²) in [6, 6.07) is 5.24. The van der Waals surface area contributed by atoms with Gasteiger partial charge < -0.3 is 9.29 Å². The van der Waals surface area contributed by atoms with Crippen LogP contribution in [-0.4, -0.2) is 15.4 Å². The zero-order valence-electron chi connectivity index (χ0n) is 11.5. The Morgan fingerprint density at radius 1 is 1.33 bits per heavy atom. The summed E-state index contributed by atoms with van der Waals surface area (Å²) in [6.07, 6.45) is 2.05. The molecule has 0 saturated heterocycles. The Morgan fingerprint density at radius 3 is 2.50 bits per heavy atom. The van der Waals surface area contributed by atoms with Gasteiger partial charge in [0.1, 0.15) is 5.75 Å². The van der Waals surface area contributed by atoms with E-state index in [1.54, 1.807) is 12.1 Å². The van der Waals surface area contributed by atoms with Crippen molar-refractivity contribution in [3.63, 3.8) is 0 Å². The van der Waals surface area contributed by atoms with Crippen molar-refractivity contribution in [3.8, 4) is 5.75 Å².